The molecule has 0 aromatic heterocycles. The third kappa shape index (κ3) is 4.52. The number of nitrogens with two attached hydrogens (primary N) is 1. The molecule has 1 aliphatic rings. The number of likely N-dealkylation sites (N-methyl/N-ethyl adjacent to an activating group) is 2. The molecule has 18 heavy (non-hydrogen) atoms. The van der Waals surface area contributed by atoms with E-state index in [0.717, 1.165) is 26.2 Å². The molecule has 0 saturated carbocycles. The van der Waals surface area contributed by atoms with Crippen LogP contribution in [0.2, 0.25) is 0 Å². The van der Waals surface area contributed by atoms with Crippen LogP contribution < -0.4 is 5.73 Å². The summed E-state index contributed by atoms with van der Waals surface area (Å²) in [5.74, 6) is 0. The molecule has 0 spiro atoms. The molecule has 0 amide bonds. The maximum atomic E-state index is 6.36. The number of nitrogens with zero attached hydrogens (tertiary/aromatic N) is 2. The Kier molecular flexibility index (Phi) is 6.61. The average Bonchev–Trinajstić information content (AvgIpc) is 2.34. The Hall–Kier alpha value is -0.120. The summed E-state index contributed by atoms with van der Waals surface area (Å²) in [4.78, 5) is 5.14. The lowest BCUT2D eigenvalue weighted by atomic mass is 9.96. The fourth-order valence-electron chi connectivity index (χ4n) is 3.18. The van der Waals surface area contributed by atoms with Crippen LogP contribution in [0.4, 0.5) is 0 Å². The van der Waals surface area contributed by atoms with Crippen LogP contribution in [-0.2, 0) is 0 Å². The maximum absolute atomic E-state index is 6.36. The van der Waals surface area contributed by atoms with Crippen molar-refractivity contribution in [2.75, 3.05) is 26.2 Å². The van der Waals surface area contributed by atoms with Gasteiger partial charge in [-0.3, -0.25) is 9.80 Å². The zero-order valence-electron chi connectivity index (χ0n) is 12.9. The van der Waals surface area contributed by atoms with Crippen molar-refractivity contribution < 1.29 is 0 Å². The second-order valence-electron chi connectivity index (χ2n) is 6.11. The molecule has 0 aliphatic carbocycles. The third-order valence-electron chi connectivity index (χ3n) is 4.10. The van der Waals surface area contributed by atoms with Gasteiger partial charge >= 0.3 is 0 Å². The minimum Gasteiger partial charge on any atom is -0.323 e. The van der Waals surface area contributed by atoms with Crippen LogP contribution >= 0.6 is 0 Å². The number of hydrogen-bond acceptors (Lipinski definition) is 3. The second-order valence-corrected chi connectivity index (χ2v) is 6.11. The fraction of sp³-hybridized carbons (Fsp3) is 1.00. The van der Waals surface area contributed by atoms with Gasteiger partial charge in [-0.25, -0.2) is 0 Å². The second kappa shape index (κ2) is 7.46. The van der Waals surface area contributed by atoms with Crippen molar-refractivity contribution in [3.05, 3.63) is 0 Å². The fourth-order valence-corrected chi connectivity index (χ4v) is 3.18. The quantitative estimate of drug-likeness (QED) is 0.710. The van der Waals surface area contributed by atoms with Gasteiger partial charge in [-0.15, -0.1) is 0 Å². The normalized spacial score (nSPS) is 30.8. The van der Waals surface area contributed by atoms with E-state index >= 15 is 0 Å². The maximum Gasteiger partial charge on any atom is 0.0623 e. The lowest BCUT2D eigenvalue weighted by Gasteiger charge is -2.50. The van der Waals surface area contributed by atoms with Crippen LogP contribution in [0.1, 0.15) is 59.8 Å². The minimum absolute atomic E-state index is 0.0497. The highest BCUT2D eigenvalue weighted by Crippen LogP contribution is 2.23. The van der Waals surface area contributed by atoms with Gasteiger partial charge in [0.05, 0.1) is 6.17 Å². The van der Waals surface area contributed by atoms with Gasteiger partial charge in [0, 0.05) is 18.6 Å². The number of hydrogen-bond donors (Lipinski definition) is 1. The van der Waals surface area contributed by atoms with Crippen molar-refractivity contribution >= 4 is 0 Å². The van der Waals surface area contributed by atoms with E-state index in [4.69, 9.17) is 5.73 Å². The molecule has 1 saturated heterocycles. The molecule has 1 aliphatic heterocycles. The topological polar surface area (TPSA) is 32.5 Å². The van der Waals surface area contributed by atoms with E-state index in [1.165, 1.54) is 32.1 Å². The molecule has 1 rings (SSSR count). The first-order valence-electron chi connectivity index (χ1n) is 7.81. The first-order chi connectivity index (χ1) is 8.54. The number of rotatable bonds is 7. The SMILES string of the molecule is CCCCCCC1N(CC)CC(C)(N)CN1CC. The van der Waals surface area contributed by atoms with Gasteiger partial charge in [0.25, 0.3) is 0 Å². The molecule has 3 heteroatoms. The molecule has 0 aromatic carbocycles. The van der Waals surface area contributed by atoms with Crippen molar-refractivity contribution in [2.24, 2.45) is 5.73 Å². The van der Waals surface area contributed by atoms with Gasteiger partial charge in [-0.2, -0.15) is 0 Å². The van der Waals surface area contributed by atoms with E-state index in [2.05, 4.69) is 37.5 Å². The molecule has 0 bridgehead atoms. The monoisotopic (exact) mass is 255 g/mol. The van der Waals surface area contributed by atoms with Gasteiger partial charge in [-0.05, 0) is 26.4 Å². The van der Waals surface area contributed by atoms with E-state index < -0.39 is 0 Å². The van der Waals surface area contributed by atoms with Gasteiger partial charge in [0.15, 0.2) is 0 Å². The highest BCUT2D eigenvalue weighted by atomic mass is 15.4. The summed E-state index contributed by atoms with van der Waals surface area (Å²) < 4.78 is 0. The van der Waals surface area contributed by atoms with Gasteiger partial charge in [0.1, 0.15) is 0 Å². The molecule has 108 valence electrons. The lowest BCUT2D eigenvalue weighted by Crippen LogP contribution is -2.66. The summed E-state index contributed by atoms with van der Waals surface area (Å²) in [6.45, 7) is 13.3. The van der Waals surface area contributed by atoms with Gasteiger partial charge in [-0.1, -0.05) is 46.5 Å². The molecule has 0 radical (unpaired) electrons. The van der Waals surface area contributed by atoms with E-state index in [1.807, 2.05) is 0 Å². The van der Waals surface area contributed by atoms with Crippen LogP contribution in [0.3, 0.4) is 0 Å². The molecular formula is C15H33N3. The Morgan fingerprint density at radius 3 is 2.00 bits per heavy atom. The van der Waals surface area contributed by atoms with E-state index in [1.54, 1.807) is 0 Å². The number of unbranched alkanes of at least 4 members (excludes halogenated alkanes) is 3. The van der Waals surface area contributed by atoms with E-state index in [-0.39, 0.29) is 5.54 Å². The Balaban J connectivity index is 2.54. The Morgan fingerprint density at radius 2 is 1.56 bits per heavy atom. The van der Waals surface area contributed by atoms with E-state index in [0.29, 0.717) is 6.17 Å². The third-order valence-corrected chi connectivity index (χ3v) is 4.10. The highest BCUT2D eigenvalue weighted by molar-refractivity contribution is 4.94. The van der Waals surface area contributed by atoms with Gasteiger partial charge in [0.2, 0.25) is 0 Å². The highest BCUT2D eigenvalue weighted by Gasteiger charge is 2.36. The molecule has 3 nitrogen and oxygen atoms in total. The van der Waals surface area contributed by atoms with Crippen LogP contribution in [0.15, 0.2) is 0 Å². The Morgan fingerprint density at radius 1 is 1.00 bits per heavy atom. The molecule has 1 fully saturated rings. The Labute approximate surface area is 114 Å². The molecule has 2 N–H and O–H groups in total. The molecule has 0 atom stereocenters. The van der Waals surface area contributed by atoms with Crippen LogP contribution in [0, 0.1) is 0 Å². The van der Waals surface area contributed by atoms with Crippen molar-refractivity contribution in [1.82, 2.24) is 9.80 Å². The van der Waals surface area contributed by atoms with Crippen molar-refractivity contribution in [3.8, 4) is 0 Å². The van der Waals surface area contributed by atoms with E-state index in [9.17, 15) is 0 Å². The van der Waals surface area contributed by atoms with Crippen LogP contribution in [-0.4, -0.2) is 47.7 Å². The van der Waals surface area contributed by atoms with Crippen molar-refractivity contribution in [1.29, 1.82) is 0 Å². The first-order valence-corrected chi connectivity index (χ1v) is 7.81. The Bertz CT molecular complexity index is 212. The van der Waals surface area contributed by atoms with Crippen molar-refractivity contribution in [2.45, 2.75) is 71.5 Å². The standard InChI is InChI=1S/C15H33N3/c1-5-8-9-10-11-14-17(6-2)12-15(4,16)13-18(14)7-3/h14H,5-13,16H2,1-4H3. The van der Waals surface area contributed by atoms with Crippen LogP contribution in [0.25, 0.3) is 0 Å². The minimum atomic E-state index is -0.0497. The summed E-state index contributed by atoms with van der Waals surface area (Å²) >= 11 is 0. The van der Waals surface area contributed by atoms with Crippen molar-refractivity contribution in [3.63, 3.8) is 0 Å². The molecular weight excluding hydrogens is 222 g/mol. The zero-order chi connectivity index (χ0) is 13.6. The smallest absolute Gasteiger partial charge is 0.0623 e. The largest absolute Gasteiger partial charge is 0.323 e. The predicted molar refractivity (Wildman–Crippen MR) is 79.6 cm³/mol. The zero-order valence-corrected chi connectivity index (χ0v) is 12.9. The summed E-state index contributed by atoms with van der Waals surface area (Å²) in [5.41, 5.74) is 6.32. The summed E-state index contributed by atoms with van der Waals surface area (Å²) in [7, 11) is 0. The lowest BCUT2D eigenvalue weighted by molar-refractivity contribution is -0.0298. The molecule has 0 unspecified atom stereocenters. The summed E-state index contributed by atoms with van der Waals surface area (Å²) in [5, 5.41) is 0. The summed E-state index contributed by atoms with van der Waals surface area (Å²) in [6.07, 6.45) is 7.35. The summed E-state index contributed by atoms with van der Waals surface area (Å²) in [6, 6.07) is 0. The van der Waals surface area contributed by atoms with Gasteiger partial charge < -0.3 is 5.73 Å². The average molecular weight is 255 g/mol. The molecule has 1 heterocycles. The predicted octanol–water partition coefficient (Wildman–Crippen LogP) is 2.66. The molecule has 0 aromatic rings. The van der Waals surface area contributed by atoms with Crippen LogP contribution in [0.5, 0.6) is 0 Å². The first kappa shape index (κ1) is 15.9.